The Morgan fingerprint density at radius 3 is 2.91 bits per heavy atom. The van der Waals surface area contributed by atoms with Crippen molar-refractivity contribution in [1.82, 2.24) is 10.3 Å². The predicted molar refractivity (Wildman–Crippen MR) is 82.8 cm³/mol. The summed E-state index contributed by atoms with van der Waals surface area (Å²) in [7, 11) is 0. The molecule has 2 aromatic rings. The van der Waals surface area contributed by atoms with E-state index in [1.807, 2.05) is 30.3 Å². The maximum Gasteiger partial charge on any atom is 0.273 e. The molecule has 1 aliphatic rings. The molecule has 23 heavy (non-hydrogen) atoms. The fourth-order valence-electron chi connectivity index (χ4n) is 2.67. The highest BCUT2D eigenvalue weighted by Crippen LogP contribution is 2.30. The molecule has 1 aromatic heterocycles. The van der Waals surface area contributed by atoms with E-state index in [0.717, 1.165) is 18.4 Å². The molecule has 1 aromatic carbocycles. The number of carbonyl (C=O) groups is 1. The summed E-state index contributed by atoms with van der Waals surface area (Å²) in [5.74, 6) is 0.0832. The van der Waals surface area contributed by atoms with Crippen molar-refractivity contribution in [2.45, 2.75) is 31.5 Å². The van der Waals surface area contributed by atoms with Crippen molar-refractivity contribution in [3.05, 3.63) is 53.7 Å². The second-order valence-corrected chi connectivity index (χ2v) is 5.89. The third kappa shape index (κ3) is 3.43. The number of amides is 1. The third-order valence-corrected chi connectivity index (χ3v) is 4.02. The molecule has 0 bridgehead atoms. The number of hydrogen-bond donors (Lipinski definition) is 2. The Kier molecular flexibility index (Phi) is 4.45. The van der Waals surface area contributed by atoms with Gasteiger partial charge in [0, 0.05) is 6.61 Å². The summed E-state index contributed by atoms with van der Waals surface area (Å²) in [5, 5.41) is 13.3. The van der Waals surface area contributed by atoms with Crippen molar-refractivity contribution in [2.75, 3.05) is 13.2 Å². The minimum absolute atomic E-state index is 0.0771. The molecule has 6 heteroatoms. The van der Waals surface area contributed by atoms with Crippen molar-refractivity contribution in [1.29, 1.82) is 0 Å². The summed E-state index contributed by atoms with van der Waals surface area (Å²) in [5.41, 5.74) is -0.203. The van der Waals surface area contributed by atoms with Gasteiger partial charge in [0.05, 0.1) is 6.54 Å². The average Bonchev–Trinajstić information content (AvgIpc) is 3.24. The van der Waals surface area contributed by atoms with E-state index in [0.29, 0.717) is 12.4 Å². The van der Waals surface area contributed by atoms with Crippen LogP contribution in [0.4, 0.5) is 0 Å². The number of nitrogens with zero attached hydrogens (tertiary/aromatic N) is 1. The molecule has 1 aliphatic heterocycles. The fourth-order valence-corrected chi connectivity index (χ4v) is 2.67. The summed E-state index contributed by atoms with van der Waals surface area (Å²) in [6.07, 6.45) is 2.79. The molecule has 6 nitrogen and oxygen atoms in total. The first-order valence-electron chi connectivity index (χ1n) is 7.69. The number of hydrogen-bond acceptors (Lipinski definition) is 5. The van der Waals surface area contributed by atoms with Crippen molar-refractivity contribution in [2.24, 2.45) is 0 Å². The molecule has 2 heterocycles. The number of rotatable bonds is 5. The highest BCUT2D eigenvalue weighted by Gasteiger charge is 2.29. The van der Waals surface area contributed by atoms with Gasteiger partial charge in [0.2, 0.25) is 0 Å². The van der Waals surface area contributed by atoms with E-state index < -0.39 is 5.60 Å². The van der Waals surface area contributed by atoms with E-state index in [1.54, 1.807) is 6.92 Å². The molecule has 1 saturated heterocycles. The Hall–Kier alpha value is -2.18. The molecule has 0 radical (unpaired) electrons. The lowest BCUT2D eigenvalue weighted by Crippen LogP contribution is -2.39. The third-order valence-electron chi connectivity index (χ3n) is 4.02. The van der Waals surface area contributed by atoms with Crippen LogP contribution >= 0.6 is 0 Å². The molecule has 2 N–H and O–H groups in total. The van der Waals surface area contributed by atoms with Crippen LogP contribution in [-0.2, 0) is 10.3 Å². The Labute approximate surface area is 134 Å². The molecule has 2 unspecified atom stereocenters. The van der Waals surface area contributed by atoms with Crippen LogP contribution in [0.2, 0.25) is 0 Å². The van der Waals surface area contributed by atoms with Gasteiger partial charge in [-0.05, 0) is 25.3 Å². The first-order valence-corrected chi connectivity index (χ1v) is 7.69. The Morgan fingerprint density at radius 2 is 2.22 bits per heavy atom. The van der Waals surface area contributed by atoms with Gasteiger partial charge < -0.3 is 19.6 Å². The topological polar surface area (TPSA) is 84.6 Å². The molecule has 0 spiro atoms. The van der Waals surface area contributed by atoms with Crippen molar-refractivity contribution >= 4 is 5.91 Å². The number of carbonyl (C=O) groups excluding carboxylic acids is 1. The zero-order valence-corrected chi connectivity index (χ0v) is 13.0. The number of ether oxygens (including phenoxy) is 1. The molecule has 2 atom stereocenters. The standard InChI is InChI=1S/C17H20N2O4/c1-17(21,12-6-3-2-4-7-12)10-18-16(20)14-15(23-11-19-14)13-8-5-9-22-13/h2-4,6-7,11,13,21H,5,8-10H2,1H3,(H,18,20). The average molecular weight is 316 g/mol. The lowest BCUT2D eigenvalue weighted by atomic mass is 9.96. The smallest absolute Gasteiger partial charge is 0.273 e. The van der Waals surface area contributed by atoms with Gasteiger partial charge in [0.15, 0.2) is 17.8 Å². The van der Waals surface area contributed by atoms with Crippen LogP contribution in [-0.4, -0.2) is 29.1 Å². The van der Waals surface area contributed by atoms with E-state index in [9.17, 15) is 9.90 Å². The number of nitrogens with one attached hydrogen (secondary N) is 1. The summed E-state index contributed by atoms with van der Waals surface area (Å²) < 4.78 is 10.9. The van der Waals surface area contributed by atoms with Crippen LogP contribution in [0.5, 0.6) is 0 Å². The quantitative estimate of drug-likeness (QED) is 0.883. The molecule has 1 fully saturated rings. The van der Waals surface area contributed by atoms with E-state index in [4.69, 9.17) is 9.15 Å². The number of aliphatic hydroxyl groups is 1. The minimum Gasteiger partial charge on any atom is -0.445 e. The lowest BCUT2D eigenvalue weighted by Gasteiger charge is -2.24. The molecule has 3 rings (SSSR count). The largest absolute Gasteiger partial charge is 0.445 e. The van der Waals surface area contributed by atoms with Gasteiger partial charge in [0.1, 0.15) is 11.7 Å². The van der Waals surface area contributed by atoms with Gasteiger partial charge in [-0.2, -0.15) is 0 Å². The summed E-state index contributed by atoms with van der Waals surface area (Å²) >= 11 is 0. The van der Waals surface area contributed by atoms with Crippen LogP contribution in [0.25, 0.3) is 0 Å². The SMILES string of the molecule is CC(O)(CNC(=O)c1ncoc1C1CCCO1)c1ccccc1. The Morgan fingerprint density at radius 1 is 1.43 bits per heavy atom. The maximum atomic E-state index is 12.4. The Balaban J connectivity index is 1.67. The van der Waals surface area contributed by atoms with Crippen molar-refractivity contribution in [3.8, 4) is 0 Å². The van der Waals surface area contributed by atoms with Gasteiger partial charge in [0.25, 0.3) is 5.91 Å². The van der Waals surface area contributed by atoms with Gasteiger partial charge in [-0.3, -0.25) is 4.79 Å². The van der Waals surface area contributed by atoms with Crippen LogP contribution in [0.15, 0.2) is 41.1 Å². The molecule has 122 valence electrons. The Bertz CT molecular complexity index is 660. The van der Waals surface area contributed by atoms with Crippen LogP contribution in [0, 0.1) is 0 Å². The molecule has 0 aliphatic carbocycles. The highest BCUT2D eigenvalue weighted by atomic mass is 16.5. The van der Waals surface area contributed by atoms with E-state index in [2.05, 4.69) is 10.3 Å². The van der Waals surface area contributed by atoms with Gasteiger partial charge >= 0.3 is 0 Å². The van der Waals surface area contributed by atoms with E-state index in [-0.39, 0.29) is 24.2 Å². The van der Waals surface area contributed by atoms with Crippen LogP contribution < -0.4 is 5.32 Å². The first kappa shape index (κ1) is 15.7. The molecular formula is C17H20N2O4. The number of aromatic nitrogens is 1. The zero-order chi connectivity index (χ0) is 16.3. The summed E-state index contributed by atoms with van der Waals surface area (Å²) in [6, 6.07) is 9.21. The van der Waals surface area contributed by atoms with Gasteiger partial charge in [-0.1, -0.05) is 30.3 Å². The second-order valence-electron chi connectivity index (χ2n) is 5.89. The predicted octanol–water partition coefficient (Wildman–Crippen LogP) is 2.16. The minimum atomic E-state index is -1.16. The molecular weight excluding hydrogens is 296 g/mol. The second kappa shape index (κ2) is 6.52. The van der Waals surface area contributed by atoms with Crippen molar-refractivity contribution in [3.63, 3.8) is 0 Å². The maximum absolute atomic E-state index is 12.4. The van der Waals surface area contributed by atoms with Crippen molar-refractivity contribution < 1.29 is 19.1 Å². The van der Waals surface area contributed by atoms with E-state index >= 15 is 0 Å². The normalized spacial score (nSPS) is 20.2. The van der Waals surface area contributed by atoms with Gasteiger partial charge in [-0.15, -0.1) is 0 Å². The van der Waals surface area contributed by atoms with Crippen LogP contribution in [0.1, 0.15) is 47.7 Å². The molecule has 0 saturated carbocycles. The van der Waals surface area contributed by atoms with E-state index in [1.165, 1.54) is 6.39 Å². The summed E-state index contributed by atoms with van der Waals surface area (Å²) in [4.78, 5) is 16.4. The first-order chi connectivity index (χ1) is 11.1. The summed E-state index contributed by atoms with van der Waals surface area (Å²) in [6.45, 7) is 2.40. The van der Waals surface area contributed by atoms with Gasteiger partial charge in [-0.25, -0.2) is 4.98 Å². The zero-order valence-electron chi connectivity index (χ0n) is 13.0. The van der Waals surface area contributed by atoms with Crippen LogP contribution in [0.3, 0.4) is 0 Å². The number of oxazole rings is 1. The molecule has 1 amide bonds. The number of benzene rings is 1. The highest BCUT2D eigenvalue weighted by molar-refractivity contribution is 5.93. The monoisotopic (exact) mass is 316 g/mol. The lowest BCUT2D eigenvalue weighted by molar-refractivity contribution is 0.0520. The fraction of sp³-hybridized carbons (Fsp3) is 0.412.